The van der Waals surface area contributed by atoms with Gasteiger partial charge in [-0.15, -0.1) is 0 Å². The van der Waals surface area contributed by atoms with Crippen molar-refractivity contribution in [3.05, 3.63) is 101 Å². The molecular formula is C27H19N5O3. The predicted octanol–water partition coefficient (Wildman–Crippen LogP) is 4.12. The molecule has 0 radical (unpaired) electrons. The van der Waals surface area contributed by atoms with Gasteiger partial charge in [0.1, 0.15) is 17.2 Å². The Hall–Kier alpha value is -4.72. The Kier molecular flexibility index (Phi) is 4.32. The monoisotopic (exact) mass is 461 g/mol. The van der Waals surface area contributed by atoms with Gasteiger partial charge in [0.15, 0.2) is 22.8 Å². The van der Waals surface area contributed by atoms with Crippen LogP contribution in [0.4, 0.5) is 0 Å². The molecule has 6 aromatic rings. The van der Waals surface area contributed by atoms with Crippen LogP contribution in [0.3, 0.4) is 0 Å². The molecule has 7 rings (SSSR count). The third kappa shape index (κ3) is 3.22. The fourth-order valence-corrected chi connectivity index (χ4v) is 4.60. The number of benzene rings is 3. The van der Waals surface area contributed by atoms with E-state index in [0.717, 1.165) is 27.9 Å². The second-order valence-corrected chi connectivity index (χ2v) is 8.52. The summed E-state index contributed by atoms with van der Waals surface area (Å²) in [5.41, 5.74) is 5.10. The van der Waals surface area contributed by atoms with E-state index >= 15 is 0 Å². The maximum Gasteiger partial charge on any atom is 0.265 e. The summed E-state index contributed by atoms with van der Waals surface area (Å²) in [5.74, 6) is 1.43. The summed E-state index contributed by atoms with van der Waals surface area (Å²) < 4.78 is 14.6. The summed E-state index contributed by atoms with van der Waals surface area (Å²) in [6.45, 7) is 1.10. The zero-order valence-corrected chi connectivity index (χ0v) is 18.6. The van der Waals surface area contributed by atoms with Gasteiger partial charge in [-0.1, -0.05) is 48.5 Å². The Balaban J connectivity index is 1.46. The molecule has 0 unspecified atom stereocenters. The average Bonchev–Trinajstić information content (AvgIpc) is 3.48. The number of fused-ring (bicyclic) bond motifs is 5. The summed E-state index contributed by atoms with van der Waals surface area (Å²) >= 11 is 0. The minimum absolute atomic E-state index is 0.141. The summed E-state index contributed by atoms with van der Waals surface area (Å²) in [5, 5.41) is 0.470. The maximum atomic E-state index is 13.7. The van der Waals surface area contributed by atoms with Gasteiger partial charge in [0.25, 0.3) is 5.56 Å². The van der Waals surface area contributed by atoms with Crippen LogP contribution in [0.15, 0.2) is 83.9 Å². The Bertz CT molecular complexity index is 1810. The summed E-state index contributed by atoms with van der Waals surface area (Å²) in [7, 11) is 0. The molecule has 0 fully saturated rings. The first kappa shape index (κ1) is 19.7. The van der Waals surface area contributed by atoms with Crippen molar-refractivity contribution in [2.45, 2.75) is 13.1 Å². The van der Waals surface area contributed by atoms with Crippen LogP contribution in [0.25, 0.3) is 33.2 Å². The van der Waals surface area contributed by atoms with Gasteiger partial charge in [-0.3, -0.25) is 9.36 Å². The first-order valence-corrected chi connectivity index (χ1v) is 11.3. The second kappa shape index (κ2) is 7.66. The Morgan fingerprint density at radius 2 is 1.54 bits per heavy atom. The zero-order valence-electron chi connectivity index (χ0n) is 18.6. The smallest absolute Gasteiger partial charge is 0.265 e. The third-order valence-corrected chi connectivity index (χ3v) is 6.29. The molecular weight excluding hydrogens is 442 g/mol. The fraction of sp³-hybridized carbons (Fsp3) is 0.111. The van der Waals surface area contributed by atoms with E-state index in [2.05, 4.69) is 0 Å². The van der Waals surface area contributed by atoms with Crippen molar-refractivity contribution in [3.8, 4) is 11.5 Å². The van der Waals surface area contributed by atoms with E-state index in [1.807, 2.05) is 77.4 Å². The van der Waals surface area contributed by atoms with Crippen molar-refractivity contribution >= 4 is 33.2 Å². The van der Waals surface area contributed by atoms with E-state index in [1.165, 1.54) is 0 Å². The Morgan fingerprint density at radius 3 is 2.40 bits per heavy atom. The highest BCUT2D eigenvalue weighted by molar-refractivity contribution is 6.04. The van der Waals surface area contributed by atoms with Crippen LogP contribution in [0.5, 0.6) is 11.5 Å². The van der Waals surface area contributed by atoms with Crippen molar-refractivity contribution in [3.63, 3.8) is 0 Å². The standard InChI is InChI=1S/C27H19N5O3/c33-27-23-24-26(30-20-9-5-4-8-19(20)29-24)32(14-18-10-11-21-22(12-18)35-16-34-21)25(23)28-15-31(27)13-17-6-2-1-3-7-17/h1-12,15H,13-14,16H2. The van der Waals surface area contributed by atoms with Gasteiger partial charge < -0.3 is 14.0 Å². The summed E-state index contributed by atoms with van der Waals surface area (Å²) in [4.78, 5) is 28.2. The Labute approximate surface area is 199 Å². The molecule has 0 saturated heterocycles. The van der Waals surface area contributed by atoms with Crippen LogP contribution in [-0.2, 0) is 13.1 Å². The topological polar surface area (TPSA) is 84.1 Å². The van der Waals surface area contributed by atoms with E-state index in [1.54, 1.807) is 10.9 Å². The molecule has 170 valence electrons. The lowest BCUT2D eigenvalue weighted by Crippen LogP contribution is -2.21. The molecule has 8 nitrogen and oxygen atoms in total. The van der Waals surface area contributed by atoms with Gasteiger partial charge in [-0.05, 0) is 35.4 Å². The van der Waals surface area contributed by atoms with Crippen LogP contribution in [-0.4, -0.2) is 30.9 Å². The minimum Gasteiger partial charge on any atom is -0.454 e. The quantitative estimate of drug-likeness (QED) is 0.393. The van der Waals surface area contributed by atoms with Gasteiger partial charge in [0.05, 0.1) is 24.1 Å². The maximum absolute atomic E-state index is 13.7. The van der Waals surface area contributed by atoms with Crippen molar-refractivity contribution < 1.29 is 9.47 Å². The molecule has 1 aliphatic heterocycles. The summed E-state index contributed by atoms with van der Waals surface area (Å²) in [6.07, 6.45) is 1.60. The van der Waals surface area contributed by atoms with E-state index in [9.17, 15) is 4.79 Å². The van der Waals surface area contributed by atoms with Crippen molar-refractivity contribution in [1.82, 2.24) is 24.1 Å². The van der Waals surface area contributed by atoms with E-state index < -0.39 is 0 Å². The first-order valence-electron chi connectivity index (χ1n) is 11.3. The highest BCUT2D eigenvalue weighted by Gasteiger charge is 2.21. The van der Waals surface area contributed by atoms with Crippen LogP contribution < -0.4 is 15.0 Å². The van der Waals surface area contributed by atoms with E-state index in [0.29, 0.717) is 41.0 Å². The largest absolute Gasteiger partial charge is 0.454 e. The van der Waals surface area contributed by atoms with Crippen molar-refractivity contribution in [2.24, 2.45) is 0 Å². The molecule has 3 aromatic carbocycles. The Morgan fingerprint density at radius 1 is 0.771 bits per heavy atom. The lowest BCUT2D eigenvalue weighted by Gasteiger charge is -2.09. The lowest BCUT2D eigenvalue weighted by molar-refractivity contribution is 0.174. The van der Waals surface area contributed by atoms with Gasteiger partial charge in [0.2, 0.25) is 6.79 Å². The fourth-order valence-electron chi connectivity index (χ4n) is 4.60. The molecule has 0 bridgehead atoms. The average molecular weight is 461 g/mol. The van der Waals surface area contributed by atoms with Gasteiger partial charge in [-0.25, -0.2) is 15.0 Å². The molecule has 0 N–H and O–H groups in total. The minimum atomic E-state index is -0.141. The van der Waals surface area contributed by atoms with E-state index in [-0.39, 0.29) is 12.4 Å². The second-order valence-electron chi connectivity index (χ2n) is 8.52. The van der Waals surface area contributed by atoms with Gasteiger partial charge in [0, 0.05) is 0 Å². The van der Waals surface area contributed by atoms with Crippen LogP contribution in [0.1, 0.15) is 11.1 Å². The molecule has 0 amide bonds. The highest BCUT2D eigenvalue weighted by Crippen LogP contribution is 2.33. The molecule has 1 aliphatic rings. The molecule has 35 heavy (non-hydrogen) atoms. The summed E-state index contributed by atoms with van der Waals surface area (Å²) in [6, 6.07) is 23.4. The molecule has 0 spiro atoms. The van der Waals surface area contributed by atoms with Crippen molar-refractivity contribution in [2.75, 3.05) is 6.79 Å². The number of para-hydroxylation sites is 2. The molecule has 0 saturated carbocycles. The molecule has 0 aliphatic carbocycles. The van der Waals surface area contributed by atoms with Crippen LogP contribution >= 0.6 is 0 Å². The number of hydrogen-bond acceptors (Lipinski definition) is 6. The highest BCUT2D eigenvalue weighted by atomic mass is 16.7. The van der Waals surface area contributed by atoms with E-state index in [4.69, 9.17) is 24.4 Å². The van der Waals surface area contributed by atoms with Gasteiger partial charge in [-0.2, -0.15) is 0 Å². The normalized spacial score (nSPS) is 12.7. The number of aromatic nitrogens is 5. The third-order valence-electron chi connectivity index (χ3n) is 6.29. The lowest BCUT2D eigenvalue weighted by atomic mass is 10.2. The zero-order chi connectivity index (χ0) is 23.4. The number of hydrogen-bond donors (Lipinski definition) is 0. The van der Waals surface area contributed by atoms with Crippen LogP contribution in [0.2, 0.25) is 0 Å². The molecule has 8 heteroatoms. The number of nitrogens with zero attached hydrogens (tertiary/aromatic N) is 5. The van der Waals surface area contributed by atoms with Gasteiger partial charge >= 0.3 is 0 Å². The molecule has 3 aromatic heterocycles. The number of ether oxygens (including phenoxy) is 2. The predicted molar refractivity (Wildman–Crippen MR) is 132 cm³/mol. The molecule has 0 atom stereocenters. The van der Waals surface area contributed by atoms with Crippen molar-refractivity contribution in [1.29, 1.82) is 0 Å². The first-order chi connectivity index (χ1) is 17.2. The SMILES string of the molecule is O=c1c2c3nc4ccccc4nc3n(Cc3ccc4c(c3)OCO4)c2ncn1Cc1ccccc1. The number of rotatable bonds is 4. The van der Waals surface area contributed by atoms with Crippen LogP contribution in [0, 0.1) is 0 Å². The molecule has 4 heterocycles.